The quantitative estimate of drug-likeness (QED) is 0.171. The van der Waals surface area contributed by atoms with Crippen LogP contribution >= 0.6 is 0 Å². The van der Waals surface area contributed by atoms with Crippen LogP contribution < -0.4 is 25.8 Å². The van der Waals surface area contributed by atoms with Crippen LogP contribution in [0.1, 0.15) is 65.9 Å². The second-order valence-corrected chi connectivity index (χ2v) is 13.5. The first-order chi connectivity index (χ1) is 24.1. The number of hydrogen-bond donors (Lipinski definition) is 3. The fourth-order valence-corrected chi connectivity index (χ4v) is 5.55. The van der Waals surface area contributed by atoms with Crippen molar-refractivity contribution >= 4 is 35.8 Å². The number of hydrogen-bond acceptors (Lipinski definition) is 10. The molecule has 0 radical (unpaired) electrons. The highest BCUT2D eigenvalue weighted by Crippen LogP contribution is 2.37. The highest BCUT2D eigenvalue weighted by molar-refractivity contribution is 5.92. The lowest BCUT2D eigenvalue weighted by Gasteiger charge is -2.40. The second kappa shape index (κ2) is 18.7. The summed E-state index contributed by atoms with van der Waals surface area (Å²) in [7, 11) is 0. The molecule has 4 amide bonds. The SMILES string of the molecule is Cc1ccccc1OCC(=O)NC(CC(C)C)C(=O)N[C@@H](CC1(C(N)=O)CCN(C(=O)Oc2ccccc2)CC1)C(=O)OC(C)OC(=O)C(C)C. The van der Waals surface area contributed by atoms with Crippen molar-refractivity contribution < 1.29 is 47.7 Å². The van der Waals surface area contributed by atoms with Crippen molar-refractivity contribution in [2.24, 2.45) is 23.0 Å². The molecule has 2 aromatic carbocycles. The minimum absolute atomic E-state index is 0.0452. The second-order valence-electron chi connectivity index (χ2n) is 13.5. The third kappa shape index (κ3) is 12.3. The van der Waals surface area contributed by atoms with Crippen LogP contribution in [-0.2, 0) is 33.4 Å². The van der Waals surface area contributed by atoms with E-state index >= 15 is 0 Å². The number of piperidine rings is 1. The molecule has 0 aromatic heterocycles. The third-order valence-corrected chi connectivity index (χ3v) is 8.49. The molecule has 1 aliphatic heterocycles. The normalized spacial score (nSPS) is 15.6. The molecule has 2 unspecified atom stereocenters. The number of carbonyl (C=O) groups excluding carboxylic acids is 6. The lowest BCUT2D eigenvalue weighted by atomic mass is 9.73. The van der Waals surface area contributed by atoms with Gasteiger partial charge in [-0.25, -0.2) is 9.59 Å². The van der Waals surface area contributed by atoms with Crippen LogP contribution in [0.3, 0.4) is 0 Å². The highest BCUT2D eigenvalue weighted by atomic mass is 16.7. The van der Waals surface area contributed by atoms with E-state index < -0.39 is 65.5 Å². The average Bonchev–Trinajstić information content (AvgIpc) is 3.07. The summed E-state index contributed by atoms with van der Waals surface area (Å²) in [6.07, 6.45) is -1.86. The lowest BCUT2D eigenvalue weighted by Crippen LogP contribution is -2.57. The fraction of sp³-hybridized carbons (Fsp3) is 0.514. The molecule has 1 aliphatic rings. The van der Waals surface area contributed by atoms with E-state index in [2.05, 4.69) is 10.6 Å². The lowest BCUT2D eigenvalue weighted by molar-refractivity contribution is -0.189. The van der Waals surface area contributed by atoms with E-state index in [4.69, 9.17) is 24.7 Å². The van der Waals surface area contributed by atoms with Crippen LogP contribution in [0.4, 0.5) is 4.79 Å². The van der Waals surface area contributed by atoms with Crippen molar-refractivity contribution in [2.45, 2.75) is 85.6 Å². The Kier molecular flexibility index (Phi) is 14.8. The van der Waals surface area contributed by atoms with Crippen LogP contribution in [-0.4, -0.2) is 78.7 Å². The Morgan fingerprint density at radius 2 is 1.43 bits per heavy atom. The molecule has 3 rings (SSSR count). The van der Waals surface area contributed by atoms with Gasteiger partial charge in [0.25, 0.3) is 5.91 Å². The number of benzene rings is 2. The maximum atomic E-state index is 13.8. The predicted octanol–water partition coefficient (Wildman–Crippen LogP) is 3.63. The van der Waals surface area contributed by atoms with E-state index in [0.29, 0.717) is 11.5 Å². The van der Waals surface area contributed by atoms with Crippen LogP contribution in [0.25, 0.3) is 0 Å². The van der Waals surface area contributed by atoms with Gasteiger partial charge >= 0.3 is 18.0 Å². The molecule has 51 heavy (non-hydrogen) atoms. The summed E-state index contributed by atoms with van der Waals surface area (Å²) < 4.78 is 21.7. The summed E-state index contributed by atoms with van der Waals surface area (Å²) in [5.41, 5.74) is 5.43. The number of ether oxygens (including phenoxy) is 4. The summed E-state index contributed by atoms with van der Waals surface area (Å²) in [5, 5.41) is 5.35. The largest absolute Gasteiger partial charge is 0.484 e. The molecular weight excluding hydrogens is 660 g/mol. The van der Waals surface area contributed by atoms with Crippen molar-refractivity contribution in [1.29, 1.82) is 0 Å². The average molecular weight is 711 g/mol. The number of carbonyl (C=O) groups is 6. The van der Waals surface area contributed by atoms with E-state index in [1.807, 2.05) is 32.9 Å². The van der Waals surface area contributed by atoms with Gasteiger partial charge in [-0.15, -0.1) is 0 Å². The fourth-order valence-electron chi connectivity index (χ4n) is 5.55. The molecule has 0 saturated carbocycles. The number of amides is 4. The van der Waals surface area contributed by atoms with Crippen LogP contribution in [0.2, 0.25) is 0 Å². The summed E-state index contributed by atoms with van der Waals surface area (Å²) in [6, 6.07) is 13.2. The van der Waals surface area contributed by atoms with E-state index in [0.717, 1.165) is 5.56 Å². The van der Waals surface area contributed by atoms with Crippen molar-refractivity contribution in [2.75, 3.05) is 19.7 Å². The van der Waals surface area contributed by atoms with Crippen molar-refractivity contribution in [1.82, 2.24) is 15.5 Å². The molecule has 0 bridgehead atoms. The molecule has 4 N–H and O–H groups in total. The van der Waals surface area contributed by atoms with Gasteiger partial charge in [-0.2, -0.15) is 0 Å². The monoisotopic (exact) mass is 710 g/mol. The smallest absolute Gasteiger partial charge is 0.415 e. The summed E-state index contributed by atoms with van der Waals surface area (Å²) in [6.45, 7) is 9.97. The highest BCUT2D eigenvalue weighted by Gasteiger charge is 2.45. The molecule has 1 fully saturated rings. The van der Waals surface area contributed by atoms with Crippen LogP contribution in [0.5, 0.6) is 11.5 Å². The van der Waals surface area contributed by atoms with Gasteiger partial charge < -0.3 is 40.2 Å². The zero-order valence-corrected chi connectivity index (χ0v) is 30.1. The van der Waals surface area contributed by atoms with Gasteiger partial charge in [0, 0.05) is 20.0 Å². The van der Waals surface area contributed by atoms with Gasteiger partial charge in [0.15, 0.2) is 6.61 Å². The Balaban J connectivity index is 1.79. The summed E-state index contributed by atoms with van der Waals surface area (Å²) >= 11 is 0. The topological polar surface area (TPSA) is 193 Å². The predicted molar refractivity (Wildman–Crippen MR) is 186 cm³/mol. The van der Waals surface area contributed by atoms with Crippen molar-refractivity contribution in [3.8, 4) is 11.5 Å². The Hall–Kier alpha value is -5.14. The third-order valence-electron chi connectivity index (χ3n) is 8.49. The first-order valence-electron chi connectivity index (χ1n) is 17.1. The molecule has 14 heteroatoms. The molecule has 0 spiro atoms. The number of nitrogens with zero attached hydrogens (tertiary/aromatic N) is 1. The van der Waals surface area contributed by atoms with Crippen molar-refractivity contribution in [3.63, 3.8) is 0 Å². The number of nitrogens with two attached hydrogens (primary N) is 1. The number of likely N-dealkylation sites (tertiary alicyclic amines) is 1. The van der Waals surface area contributed by atoms with E-state index in [9.17, 15) is 28.8 Å². The zero-order chi connectivity index (χ0) is 37.7. The number of esters is 2. The first kappa shape index (κ1) is 40.3. The molecule has 3 atom stereocenters. The molecule has 2 aromatic rings. The molecule has 0 aliphatic carbocycles. The maximum Gasteiger partial charge on any atom is 0.415 e. The van der Waals surface area contributed by atoms with E-state index in [-0.39, 0.29) is 51.3 Å². The number of nitrogens with one attached hydrogen (secondary N) is 2. The van der Waals surface area contributed by atoms with Gasteiger partial charge in [0.05, 0.1) is 11.3 Å². The summed E-state index contributed by atoms with van der Waals surface area (Å²) in [5.74, 6) is -3.24. The molecule has 14 nitrogen and oxygen atoms in total. The van der Waals surface area contributed by atoms with Crippen molar-refractivity contribution in [3.05, 3.63) is 60.2 Å². The Morgan fingerprint density at radius 1 is 0.824 bits per heavy atom. The Morgan fingerprint density at radius 3 is 2.02 bits per heavy atom. The minimum atomic E-state index is -1.44. The maximum absolute atomic E-state index is 13.8. The van der Waals surface area contributed by atoms with Gasteiger partial charge in [0.2, 0.25) is 18.1 Å². The number of para-hydroxylation sites is 2. The summed E-state index contributed by atoms with van der Waals surface area (Å²) in [4.78, 5) is 79.9. The number of rotatable bonds is 16. The first-order valence-corrected chi connectivity index (χ1v) is 17.1. The molecule has 1 heterocycles. The van der Waals surface area contributed by atoms with Gasteiger partial charge in [-0.1, -0.05) is 64.1 Å². The molecule has 278 valence electrons. The minimum Gasteiger partial charge on any atom is -0.484 e. The van der Waals surface area contributed by atoms with E-state index in [1.165, 1.54) is 11.8 Å². The van der Waals surface area contributed by atoms with E-state index in [1.54, 1.807) is 56.3 Å². The standard InChI is InChI=1S/C37H50N4O10/c1-23(2)20-28(39-31(42)22-48-30-15-11-10-12-25(30)5)32(43)40-29(34(45)50-26(6)49-33(44)24(3)4)21-37(35(38)46)16-18-41(19-17-37)36(47)51-27-13-8-7-9-14-27/h7-15,23-24,26,28-29H,16-22H2,1-6H3,(H2,38,46)(H,39,42)(H,40,43)/t26?,28?,29-/m0/s1. The Bertz CT molecular complexity index is 1520. The zero-order valence-electron chi connectivity index (χ0n) is 30.1. The molecular formula is C37H50N4O10. The van der Waals surface area contributed by atoms with Gasteiger partial charge in [0.1, 0.15) is 23.6 Å². The van der Waals surface area contributed by atoms with Crippen LogP contribution in [0.15, 0.2) is 54.6 Å². The van der Waals surface area contributed by atoms with Gasteiger partial charge in [-0.3, -0.25) is 19.2 Å². The van der Waals surface area contributed by atoms with Gasteiger partial charge in [-0.05, 0) is 62.3 Å². The molecule has 1 saturated heterocycles. The van der Waals surface area contributed by atoms with Crippen LogP contribution in [0, 0.1) is 24.2 Å². The number of primary amides is 1. The number of aryl methyl sites for hydroxylation is 1. The Labute approximate surface area is 298 Å².